The molecule has 8 heteroatoms. The van der Waals surface area contributed by atoms with E-state index in [4.69, 9.17) is 5.11 Å². The van der Waals surface area contributed by atoms with Crippen molar-refractivity contribution in [3.8, 4) is 0 Å². The maximum absolute atomic E-state index is 12.5. The zero-order valence-electron chi connectivity index (χ0n) is 12.2. The van der Waals surface area contributed by atoms with Crippen molar-refractivity contribution in [1.82, 2.24) is 10.2 Å². The number of anilines is 1. The molecule has 2 aliphatic heterocycles. The lowest BCUT2D eigenvalue weighted by Crippen LogP contribution is -2.52. The van der Waals surface area contributed by atoms with Crippen LogP contribution in [0.25, 0.3) is 0 Å². The molecule has 120 valence electrons. The van der Waals surface area contributed by atoms with Crippen molar-refractivity contribution < 1.29 is 24.3 Å². The number of carbonyl (C=O) groups is 4. The number of fused-ring (bicyclic) bond motifs is 1. The Kier molecular flexibility index (Phi) is 3.83. The van der Waals surface area contributed by atoms with Gasteiger partial charge in [-0.05, 0) is 18.6 Å². The summed E-state index contributed by atoms with van der Waals surface area (Å²) in [5.74, 6) is -1.71. The second-order valence-electron chi connectivity index (χ2n) is 5.44. The van der Waals surface area contributed by atoms with Gasteiger partial charge in [-0.1, -0.05) is 6.07 Å². The van der Waals surface area contributed by atoms with Gasteiger partial charge in [-0.2, -0.15) is 0 Å². The van der Waals surface area contributed by atoms with E-state index >= 15 is 0 Å². The molecule has 1 unspecified atom stereocenters. The first-order valence-corrected chi connectivity index (χ1v) is 7.18. The molecule has 1 aromatic rings. The van der Waals surface area contributed by atoms with Crippen LogP contribution in [0, 0.1) is 0 Å². The van der Waals surface area contributed by atoms with E-state index in [2.05, 4.69) is 10.6 Å². The van der Waals surface area contributed by atoms with Gasteiger partial charge in [-0.3, -0.25) is 24.5 Å². The standard InChI is InChI=1S/C15H15N3O5/c19-7-13(21)16-10-3-1-2-8-9(10)6-18(15(8)23)11-4-5-12(20)17-14(11)22/h1-3,11,19H,4-7H2,(H,16,21)(H,17,20,22). The molecular weight excluding hydrogens is 302 g/mol. The van der Waals surface area contributed by atoms with Gasteiger partial charge in [0.15, 0.2) is 0 Å². The first-order valence-electron chi connectivity index (χ1n) is 7.18. The van der Waals surface area contributed by atoms with E-state index in [-0.39, 0.29) is 31.2 Å². The number of imide groups is 1. The largest absolute Gasteiger partial charge is 0.387 e. The normalized spacial score (nSPS) is 20.3. The third-order valence-corrected chi connectivity index (χ3v) is 4.00. The zero-order valence-corrected chi connectivity index (χ0v) is 12.2. The third-order valence-electron chi connectivity index (χ3n) is 4.00. The molecule has 2 heterocycles. The molecule has 0 spiro atoms. The summed E-state index contributed by atoms with van der Waals surface area (Å²) in [6.45, 7) is -0.489. The average molecular weight is 317 g/mol. The van der Waals surface area contributed by atoms with Gasteiger partial charge < -0.3 is 15.3 Å². The highest BCUT2D eigenvalue weighted by Gasteiger charge is 2.39. The number of amides is 4. The Bertz CT molecular complexity index is 715. The molecule has 8 nitrogen and oxygen atoms in total. The van der Waals surface area contributed by atoms with Gasteiger partial charge in [0.1, 0.15) is 12.6 Å². The maximum atomic E-state index is 12.5. The van der Waals surface area contributed by atoms with E-state index in [1.54, 1.807) is 18.2 Å². The van der Waals surface area contributed by atoms with Crippen LogP contribution in [0.15, 0.2) is 18.2 Å². The Morgan fingerprint density at radius 2 is 2.13 bits per heavy atom. The van der Waals surface area contributed by atoms with E-state index in [1.807, 2.05) is 0 Å². The highest BCUT2D eigenvalue weighted by atomic mass is 16.3. The third kappa shape index (κ3) is 2.68. The van der Waals surface area contributed by atoms with Crippen LogP contribution in [-0.2, 0) is 20.9 Å². The van der Waals surface area contributed by atoms with Gasteiger partial charge in [-0.15, -0.1) is 0 Å². The lowest BCUT2D eigenvalue weighted by Gasteiger charge is -2.29. The van der Waals surface area contributed by atoms with Crippen LogP contribution in [0.5, 0.6) is 0 Å². The summed E-state index contributed by atoms with van der Waals surface area (Å²) in [4.78, 5) is 48.5. The van der Waals surface area contributed by atoms with Crippen molar-refractivity contribution in [3.63, 3.8) is 0 Å². The smallest absolute Gasteiger partial charge is 0.255 e. The second-order valence-corrected chi connectivity index (χ2v) is 5.44. The number of aliphatic hydroxyl groups excluding tert-OH is 1. The topological polar surface area (TPSA) is 116 Å². The minimum absolute atomic E-state index is 0.169. The maximum Gasteiger partial charge on any atom is 0.255 e. The van der Waals surface area contributed by atoms with E-state index in [9.17, 15) is 19.2 Å². The number of hydrogen-bond acceptors (Lipinski definition) is 5. The van der Waals surface area contributed by atoms with Crippen LogP contribution in [0.1, 0.15) is 28.8 Å². The number of hydrogen-bond donors (Lipinski definition) is 3. The molecule has 1 atom stereocenters. The van der Waals surface area contributed by atoms with Gasteiger partial charge in [0.05, 0.1) is 0 Å². The first kappa shape index (κ1) is 15.2. The molecule has 1 saturated heterocycles. The molecule has 2 aliphatic rings. The molecule has 0 bridgehead atoms. The summed E-state index contributed by atoms with van der Waals surface area (Å²) in [6.07, 6.45) is 0.466. The average Bonchev–Trinajstić information content (AvgIpc) is 2.86. The van der Waals surface area contributed by atoms with Gasteiger partial charge in [-0.25, -0.2) is 0 Å². The number of aliphatic hydroxyl groups is 1. The molecule has 3 rings (SSSR count). The predicted octanol–water partition coefficient (Wildman–Crippen LogP) is -0.622. The number of nitrogens with one attached hydrogen (secondary N) is 2. The Morgan fingerprint density at radius 3 is 2.83 bits per heavy atom. The number of nitrogens with zero attached hydrogens (tertiary/aromatic N) is 1. The molecule has 1 aromatic carbocycles. The monoisotopic (exact) mass is 317 g/mol. The van der Waals surface area contributed by atoms with Crippen LogP contribution < -0.4 is 10.6 Å². The fraction of sp³-hybridized carbons (Fsp3) is 0.333. The molecule has 3 N–H and O–H groups in total. The molecule has 0 radical (unpaired) electrons. The lowest BCUT2D eigenvalue weighted by molar-refractivity contribution is -0.137. The fourth-order valence-electron chi connectivity index (χ4n) is 2.89. The fourth-order valence-corrected chi connectivity index (χ4v) is 2.89. The summed E-state index contributed by atoms with van der Waals surface area (Å²) in [5.41, 5.74) is 1.44. The number of carbonyl (C=O) groups excluding carboxylic acids is 4. The molecule has 23 heavy (non-hydrogen) atoms. The Balaban J connectivity index is 1.87. The predicted molar refractivity (Wildman–Crippen MR) is 78.2 cm³/mol. The summed E-state index contributed by atoms with van der Waals surface area (Å²) in [7, 11) is 0. The summed E-state index contributed by atoms with van der Waals surface area (Å²) in [5, 5.41) is 13.6. The number of piperidine rings is 1. The van der Waals surface area contributed by atoms with Crippen LogP contribution in [0.4, 0.5) is 5.69 Å². The van der Waals surface area contributed by atoms with E-state index < -0.39 is 24.5 Å². The van der Waals surface area contributed by atoms with E-state index in [0.717, 1.165) is 0 Å². The molecule has 1 fully saturated rings. The van der Waals surface area contributed by atoms with E-state index in [1.165, 1.54) is 4.90 Å². The van der Waals surface area contributed by atoms with Crippen LogP contribution in [0.3, 0.4) is 0 Å². The molecule has 4 amide bonds. The molecule has 0 saturated carbocycles. The minimum atomic E-state index is -0.700. The van der Waals surface area contributed by atoms with Crippen molar-refractivity contribution in [2.45, 2.75) is 25.4 Å². The lowest BCUT2D eigenvalue weighted by atomic mass is 10.0. The highest BCUT2D eigenvalue weighted by molar-refractivity contribution is 6.06. The summed E-state index contributed by atoms with van der Waals surface area (Å²) >= 11 is 0. The van der Waals surface area contributed by atoms with Crippen LogP contribution >= 0.6 is 0 Å². The van der Waals surface area contributed by atoms with Crippen molar-refractivity contribution in [3.05, 3.63) is 29.3 Å². The number of rotatable bonds is 3. The van der Waals surface area contributed by atoms with Gasteiger partial charge in [0, 0.05) is 29.8 Å². The molecular formula is C15H15N3O5. The second kappa shape index (κ2) is 5.81. The minimum Gasteiger partial charge on any atom is -0.387 e. The quantitative estimate of drug-likeness (QED) is 0.643. The Morgan fingerprint density at radius 1 is 1.35 bits per heavy atom. The SMILES string of the molecule is O=C1CCC(N2Cc3c(NC(=O)CO)cccc3C2=O)C(=O)N1. The van der Waals surface area contributed by atoms with Crippen molar-refractivity contribution in [2.75, 3.05) is 11.9 Å². The van der Waals surface area contributed by atoms with Gasteiger partial charge >= 0.3 is 0 Å². The molecule has 0 aromatic heterocycles. The van der Waals surface area contributed by atoms with Crippen molar-refractivity contribution >= 4 is 29.3 Å². The van der Waals surface area contributed by atoms with Crippen molar-refractivity contribution in [2.24, 2.45) is 0 Å². The van der Waals surface area contributed by atoms with E-state index in [0.29, 0.717) is 16.8 Å². The zero-order chi connectivity index (χ0) is 16.6. The van der Waals surface area contributed by atoms with Crippen LogP contribution in [0.2, 0.25) is 0 Å². The van der Waals surface area contributed by atoms with Gasteiger partial charge in [0.25, 0.3) is 5.91 Å². The molecule has 0 aliphatic carbocycles. The van der Waals surface area contributed by atoms with Crippen molar-refractivity contribution in [1.29, 1.82) is 0 Å². The van der Waals surface area contributed by atoms with Gasteiger partial charge in [0.2, 0.25) is 17.7 Å². The summed E-state index contributed by atoms with van der Waals surface area (Å²) in [6, 6.07) is 4.18. The number of benzene rings is 1. The summed E-state index contributed by atoms with van der Waals surface area (Å²) < 4.78 is 0. The Hall–Kier alpha value is -2.74. The first-order chi connectivity index (χ1) is 11.0. The highest BCUT2D eigenvalue weighted by Crippen LogP contribution is 2.32. The Labute approximate surface area is 131 Å². The van der Waals surface area contributed by atoms with Crippen LogP contribution in [-0.4, -0.2) is 46.3 Å².